The summed E-state index contributed by atoms with van der Waals surface area (Å²) in [6.07, 6.45) is 0.223. The summed E-state index contributed by atoms with van der Waals surface area (Å²) in [5.41, 5.74) is 6.27. The first-order chi connectivity index (χ1) is 7.13. The molecule has 3 N–H and O–H groups in total. The van der Waals surface area contributed by atoms with Gasteiger partial charge in [0.15, 0.2) is 0 Å². The zero-order valence-corrected chi connectivity index (χ0v) is 8.45. The van der Waals surface area contributed by atoms with E-state index in [1.54, 1.807) is 12.1 Å². The van der Waals surface area contributed by atoms with Gasteiger partial charge in [-0.05, 0) is 19.1 Å². The third kappa shape index (κ3) is 3.27. The molecule has 0 saturated heterocycles. The second-order valence-electron chi connectivity index (χ2n) is 3.10. The average molecular weight is 204 g/mol. The van der Waals surface area contributed by atoms with E-state index in [2.05, 4.69) is 10.3 Å². The van der Waals surface area contributed by atoms with Crippen molar-refractivity contribution >= 4 is 11.7 Å². The van der Waals surface area contributed by atoms with Crippen LogP contribution in [0.1, 0.15) is 17.7 Å². The van der Waals surface area contributed by atoms with Crippen LogP contribution in [0, 0.1) is 18.3 Å². The van der Waals surface area contributed by atoms with Gasteiger partial charge in [0.05, 0.1) is 5.56 Å². The lowest BCUT2D eigenvalue weighted by Gasteiger charge is -2.06. The van der Waals surface area contributed by atoms with Gasteiger partial charge in [-0.1, -0.05) is 0 Å². The van der Waals surface area contributed by atoms with E-state index in [-0.39, 0.29) is 12.3 Å². The molecule has 0 radical (unpaired) electrons. The van der Waals surface area contributed by atoms with Gasteiger partial charge in [0, 0.05) is 18.7 Å². The van der Waals surface area contributed by atoms with Crippen LogP contribution in [-0.2, 0) is 4.79 Å². The van der Waals surface area contributed by atoms with Gasteiger partial charge in [0.1, 0.15) is 11.9 Å². The monoisotopic (exact) mass is 204 g/mol. The minimum absolute atomic E-state index is 0.223. The number of carbonyl (C=O) groups excluding carboxylic acids is 1. The number of hydrogen-bond acceptors (Lipinski definition) is 4. The summed E-state index contributed by atoms with van der Waals surface area (Å²) in [7, 11) is 0. The fraction of sp³-hybridized carbons (Fsp3) is 0.300. The number of aryl methyl sites for hydroxylation is 1. The summed E-state index contributed by atoms with van der Waals surface area (Å²) in [4.78, 5) is 14.7. The number of anilines is 1. The number of pyridine rings is 1. The zero-order valence-electron chi connectivity index (χ0n) is 8.45. The van der Waals surface area contributed by atoms with Crippen molar-refractivity contribution in [2.45, 2.75) is 13.3 Å². The van der Waals surface area contributed by atoms with Crippen LogP contribution in [0.5, 0.6) is 0 Å². The Hall–Kier alpha value is -2.09. The van der Waals surface area contributed by atoms with E-state index in [0.29, 0.717) is 17.9 Å². The van der Waals surface area contributed by atoms with Gasteiger partial charge in [-0.2, -0.15) is 5.26 Å². The second-order valence-corrected chi connectivity index (χ2v) is 3.10. The molecule has 0 aliphatic carbocycles. The molecule has 0 bridgehead atoms. The van der Waals surface area contributed by atoms with Crippen molar-refractivity contribution in [3.8, 4) is 6.07 Å². The standard InChI is InChI=1S/C10H12N4O/c1-7-2-3-8(6-11)10(14-7)13-5-4-9(12)15/h2-3H,4-5H2,1H3,(H2,12,15)(H,13,14). The first kappa shape index (κ1) is 11.0. The smallest absolute Gasteiger partial charge is 0.219 e. The molecule has 0 aliphatic heterocycles. The first-order valence-corrected chi connectivity index (χ1v) is 4.53. The molecule has 0 atom stereocenters. The predicted molar refractivity (Wildman–Crippen MR) is 56.0 cm³/mol. The second kappa shape index (κ2) is 4.96. The van der Waals surface area contributed by atoms with Crippen LogP contribution in [-0.4, -0.2) is 17.4 Å². The lowest BCUT2D eigenvalue weighted by molar-refractivity contribution is -0.117. The number of nitrogens with zero attached hydrogens (tertiary/aromatic N) is 2. The summed E-state index contributed by atoms with van der Waals surface area (Å²) in [6.45, 7) is 2.22. The number of nitrogens with two attached hydrogens (primary N) is 1. The minimum atomic E-state index is -0.381. The number of rotatable bonds is 4. The number of amides is 1. The van der Waals surface area contributed by atoms with Crippen molar-refractivity contribution in [1.29, 1.82) is 5.26 Å². The maximum absolute atomic E-state index is 10.5. The van der Waals surface area contributed by atoms with Crippen molar-refractivity contribution in [3.05, 3.63) is 23.4 Å². The highest BCUT2D eigenvalue weighted by Crippen LogP contribution is 2.11. The molecule has 0 aliphatic rings. The van der Waals surface area contributed by atoms with Gasteiger partial charge >= 0.3 is 0 Å². The maximum atomic E-state index is 10.5. The van der Waals surface area contributed by atoms with Crippen LogP contribution in [0.4, 0.5) is 5.82 Å². The number of hydrogen-bond donors (Lipinski definition) is 2. The molecular weight excluding hydrogens is 192 g/mol. The molecule has 5 heteroatoms. The van der Waals surface area contributed by atoms with Gasteiger partial charge in [0.25, 0.3) is 0 Å². The van der Waals surface area contributed by atoms with Crippen LogP contribution < -0.4 is 11.1 Å². The Labute approximate surface area is 87.9 Å². The molecule has 0 saturated carbocycles. The van der Waals surface area contributed by atoms with E-state index in [1.165, 1.54) is 0 Å². The molecular formula is C10H12N4O. The highest BCUT2D eigenvalue weighted by atomic mass is 16.1. The van der Waals surface area contributed by atoms with Gasteiger partial charge in [-0.15, -0.1) is 0 Å². The Bertz CT molecular complexity index is 408. The fourth-order valence-corrected chi connectivity index (χ4v) is 1.09. The van der Waals surface area contributed by atoms with Gasteiger partial charge in [0.2, 0.25) is 5.91 Å². The summed E-state index contributed by atoms with van der Waals surface area (Å²) in [5, 5.41) is 11.7. The molecule has 0 aromatic carbocycles. The van der Waals surface area contributed by atoms with Crippen LogP contribution in [0.15, 0.2) is 12.1 Å². The Morgan fingerprint density at radius 2 is 2.40 bits per heavy atom. The number of aromatic nitrogens is 1. The van der Waals surface area contributed by atoms with E-state index >= 15 is 0 Å². The molecule has 0 unspecified atom stereocenters. The fourth-order valence-electron chi connectivity index (χ4n) is 1.09. The van der Waals surface area contributed by atoms with Crippen LogP contribution in [0.3, 0.4) is 0 Å². The Morgan fingerprint density at radius 1 is 1.67 bits per heavy atom. The quantitative estimate of drug-likeness (QED) is 0.749. The molecule has 1 aromatic rings. The molecule has 5 nitrogen and oxygen atoms in total. The Balaban J connectivity index is 2.71. The average Bonchev–Trinajstić information content (AvgIpc) is 2.17. The van der Waals surface area contributed by atoms with Gasteiger partial charge in [-0.3, -0.25) is 4.79 Å². The molecule has 1 amide bonds. The third-order valence-corrected chi connectivity index (χ3v) is 1.82. The lowest BCUT2D eigenvalue weighted by Crippen LogP contribution is -2.16. The van der Waals surface area contributed by atoms with E-state index in [0.717, 1.165) is 5.69 Å². The molecule has 1 rings (SSSR count). The Morgan fingerprint density at radius 3 is 3.00 bits per heavy atom. The van der Waals surface area contributed by atoms with E-state index < -0.39 is 0 Å². The van der Waals surface area contributed by atoms with Gasteiger partial charge < -0.3 is 11.1 Å². The number of nitriles is 1. The van der Waals surface area contributed by atoms with Crippen molar-refractivity contribution in [1.82, 2.24) is 4.98 Å². The minimum Gasteiger partial charge on any atom is -0.370 e. The molecule has 78 valence electrons. The summed E-state index contributed by atoms with van der Waals surface area (Å²) >= 11 is 0. The van der Waals surface area contributed by atoms with Crippen molar-refractivity contribution in [2.24, 2.45) is 5.73 Å². The van der Waals surface area contributed by atoms with Crippen LogP contribution in [0.2, 0.25) is 0 Å². The Kier molecular flexibility index (Phi) is 3.63. The molecule has 1 aromatic heterocycles. The van der Waals surface area contributed by atoms with E-state index in [9.17, 15) is 4.79 Å². The van der Waals surface area contributed by atoms with Crippen molar-refractivity contribution in [3.63, 3.8) is 0 Å². The number of nitrogens with one attached hydrogen (secondary N) is 1. The zero-order chi connectivity index (χ0) is 11.3. The van der Waals surface area contributed by atoms with Crippen LogP contribution >= 0.6 is 0 Å². The molecule has 15 heavy (non-hydrogen) atoms. The molecule has 0 fully saturated rings. The first-order valence-electron chi connectivity index (χ1n) is 4.53. The third-order valence-electron chi connectivity index (χ3n) is 1.82. The number of primary amides is 1. The van der Waals surface area contributed by atoms with Crippen molar-refractivity contribution < 1.29 is 4.79 Å². The molecule has 0 spiro atoms. The molecule has 1 heterocycles. The largest absolute Gasteiger partial charge is 0.370 e. The normalized spacial score (nSPS) is 9.33. The number of carbonyl (C=O) groups is 1. The van der Waals surface area contributed by atoms with Crippen molar-refractivity contribution in [2.75, 3.05) is 11.9 Å². The predicted octanol–water partition coefficient (Wildman–Crippen LogP) is 0.549. The maximum Gasteiger partial charge on any atom is 0.219 e. The SMILES string of the molecule is Cc1ccc(C#N)c(NCCC(N)=O)n1. The lowest BCUT2D eigenvalue weighted by atomic mass is 10.2. The summed E-state index contributed by atoms with van der Waals surface area (Å²) < 4.78 is 0. The summed E-state index contributed by atoms with van der Waals surface area (Å²) in [6, 6.07) is 5.47. The van der Waals surface area contributed by atoms with E-state index in [1.807, 2.05) is 13.0 Å². The van der Waals surface area contributed by atoms with Gasteiger partial charge in [-0.25, -0.2) is 4.98 Å². The summed E-state index contributed by atoms with van der Waals surface area (Å²) in [5.74, 6) is 0.118. The highest BCUT2D eigenvalue weighted by molar-refractivity contribution is 5.74. The van der Waals surface area contributed by atoms with Crippen LogP contribution in [0.25, 0.3) is 0 Å². The topological polar surface area (TPSA) is 91.8 Å². The van der Waals surface area contributed by atoms with E-state index in [4.69, 9.17) is 11.0 Å². The highest BCUT2D eigenvalue weighted by Gasteiger charge is 2.03.